The van der Waals surface area contributed by atoms with Crippen molar-refractivity contribution < 1.29 is 9.53 Å². The topological polar surface area (TPSA) is 65.2 Å². The number of rotatable bonds is 2. The van der Waals surface area contributed by atoms with E-state index in [0.717, 1.165) is 19.3 Å². The van der Waals surface area contributed by atoms with Crippen molar-refractivity contribution >= 4 is 11.8 Å². The zero-order valence-corrected chi connectivity index (χ0v) is 7.77. The molecule has 0 unspecified atom stereocenters. The first-order valence-corrected chi connectivity index (χ1v) is 4.68. The number of nitrogen functional groups attached to an aromatic ring is 1. The fourth-order valence-electron chi connectivity index (χ4n) is 1.28. The van der Waals surface area contributed by atoms with Crippen LogP contribution in [-0.2, 0) is 4.74 Å². The summed E-state index contributed by atoms with van der Waals surface area (Å²) in [4.78, 5) is 15.3. The van der Waals surface area contributed by atoms with E-state index in [2.05, 4.69) is 4.98 Å². The quantitative estimate of drug-likeness (QED) is 0.719. The molecule has 0 aliphatic heterocycles. The third kappa shape index (κ3) is 1.84. The van der Waals surface area contributed by atoms with Crippen molar-refractivity contribution in [3.05, 3.63) is 23.9 Å². The SMILES string of the molecule is Nc1cc(C(=O)OC2CCC2)ccn1. The summed E-state index contributed by atoms with van der Waals surface area (Å²) < 4.78 is 5.21. The molecule has 1 aliphatic carbocycles. The normalized spacial score (nSPS) is 16.0. The summed E-state index contributed by atoms with van der Waals surface area (Å²) in [6, 6.07) is 3.14. The van der Waals surface area contributed by atoms with Gasteiger partial charge in [0.05, 0.1) is 5.56 Å². The van der Waals surface area contributed by atoms with Gasteiger partial charge in [-0.15, -0.1) is 0 Å². The summed E-state index contributed by atoms with van der Waals surface area (Å²) in [7, 11) is 0. The molecule has 0 spiro atoms. The van der Waals surface area contributed by atoms with Crippen LogP contribution in [0.5, 0.6) is 0 Å². The van der Waals surface area contributed by atoms with Crippen LogP contribution in [0.1, 0.15) is 29.6 Å². The molecule has 0 bridgehead atoms. The van der Waals surface area contributed by atoms with Gasteiger partial charge in [0.25, 0.3) is 0 Å². The Hall–Kier alpha value is -1.58. The van der Waals surface area contributed by atoms with Gasteiger partial charge in [0.2, 0.25) is 0 Å². The lowest BCUT2D eigenvalue weighted by Crippen LogP contribution is -2.25. The number of ether oxygens (including phenoxy) is 1. The molecule has 2 N–H and O–H groups in total. The van der Waals surface area contributed by atoms with E-state index in [-0.39, 0.29) is 12.1 Å². The molecule has 14 heavy (non-hydrogen) atoms. The van der Waals surface area contributed by atoms with Crippen LogP contribution in [0.25, 0.3) is 0 Å². The maximum Gasteiger partial charge on any atom is 0.338 e. The Morgan fingerprint density at radius 1 is 1.57 bits per heavy atom. The van der Waals surface area contributed by atoms with Crippen LogP contribution >= 0.6 is 0 Å². The second kappa shape index (κ2) is 3.65. The van der Waals surface area contributed by atoms with Crippen LogP contribution < -0.4 is 5.73 Å². The number of nitrogens with zero attached hydrogens (tertiary/aromatic N) is 1. The van der Waals surface area contributed by atoms with Crippen molar-refractivity contribution in [2.45, 2.75) is 25.4 Å². The molecule has 1 aromatic rings. The van der Waals surface area contributed by atoms with Gasteiger partial charge in [0, 0.05) is 6.20 Å². The van der Waals surface area contributed by atoms with Crippen molar-refractivity contribution in [3.63, 3.8) is 0 Å². The van der Waals surface area contributed by atoms with Crippen molar-refractivity contribution in [2.75, 3.05) is 5.73 Å². The van der Waals surface area contributed by atoms with E-state index in [1.165, 1.54) is 12.3 Å². The first kappa shape index (κ1) is 8.99. The monoisotopic (exact) mass is 192 g/mol. The van der Waals surface area contributed by atoms with Gasteiger partial charge in [-0.3, -0.25) is 0 Å². The molecule has 0 aromatic carbocycles. The lowest BCUT2D eigenvalue weighted by atomic mass is 9.96. The van der Waals surface area contributed by atoms with Crippen LogP contribution in [0.2, 0.25) is 0 Å². The summed E-state index contributed by atoms with van der Waals surface area (Å²) in [5.74, 6) is 0.0388. The fraction of sp³-hybridized carbons (Fsp3) is 0.400. The molecular formula is C10H12N2O2. The molecule has 74 valence electrons. The molecule has 4 nitrogen and oxygen atoms in total. The van der Waals surface area contributed by atoms with Crippen LogP contribution in [0.4, 0.5) is 5.82 Å². The van der Waals surface area contributed by atoms with Gasteiger partial charge in [0.15, 0.2) is 0 Å². The summed E-state index contributed by atoms with van der Waals surface area (Å²) in [6.45, 7) is 0. The van der Waals surface area contributed by atoms with Crippen LogP contribution in [0.15, 0.2) is 18.3 Å². The molecule has 1 heterocycles. The fourth-order valence-corrected chi connectivity index (χ4v) is 1.28. The molecule has 2 rings (SSSR count). The van der Waals surface area contributed by atoms with Crippen molar-refractivity contribution in [1.29, 1.82) is 0 Å². The first-order valence-electron chi connectivity index (χ1n) is 4.68. The largest absolute Gasteiger partial charge is 0.459 e. The van der Waals surface area contributed by atoms with Gasteiger partial charge >= 0.3 is 5.97 Å². The standard InChI is InChI=1S/C10H12N2O2/c11-9-6-7(4-5-12-9)10(13)14-8-2-1-3-8/h4-6,8H,1-3H2,(H2,11,12). The Kier molecular flexibility index (Phi) is 2.35. The smallest absolute Gasteiger partial charge is 0.338 e. The van der Waals surface area contributed by atoms with Gasteiger partial charge in [-0.1, -0.05) is 0 Å². The van der Waals surface area contributed by atoms with Crippen molar-refractivity contribution in [1.82, 2.24) is 4.98 Å². The molecule has 0 atom stereocenters. The number of anilines is 1. The van der Waals surface area contributed by atoms with Gasteiger partial charge in [0.1, 0.15) is 11.9 Å². The predicted octanol–water partition coefficient (Wildman–Crippen LogP) is 1.37. The number of esters is 1. The number of hydrogen-bond acceptors (Lipinski definition) is 4. The van der Waals surface area contributed by atoms with E-state index in [1.807, 2.05) is 0 Å². The number of carbonyl (C=O) groups is 1. The van der Waals surface area contributed by atoms with Gasteiger partial charge in [-0.05, 0) is 31.4 Å². The molecule has 0 radical (unpaired) electrons. The molecule has 0 amide bonds. The molecule has 1 aromatic heterocycles. The first-order chi connectivity index (χ1) is 6.75. The van der Waals surface area contributed by atoms with E-state index in [1.54, 1.807) is 6.07 Å². The zero-order chi connectivity index (χ0) is 9.97. The van der Waals surface area contributed by atoms with E-state index in [4.69, 9.17) is 10.5 Å². The highest BCUT2D eigenvalue weighted by Crippen LogP contribution is 2.23. The Morgan fingerprint density at radius 3 is 2.93 bits per heavy atom. The Morgan fingerprint density at radius 2 is 2.36 bits per heavy atom. The van der Waals surface area contributed by atoms with E-state index >= 15 is 0 Å². The summed E-state index contributed by atoms with van der Waals surface area (Å²) in [6.07, 6.45) is 4.72. The number of hydrogen-bond donors (Lipinski definition) is 1. The maximum atomic E-state index is 11.5. The molecule has 1 aliphatic rings. The maximum absolute atomic E-state index is 11.5. The average Bonchev–Trinajstić information content (AvgIpc) is 2.11. The number of carbonyl (C=O) groups excluding carboxylic acids is 1. The second-order valence-electron chi connectivity index (χ2n) is 3.43. The van der Waals surface area contributed by atoms with Gasteiger partial charge in [-0.2, -0.15) is 0 Å². The molecule has 4 heteroatoms. The van der Waals surface area contributed by atoms with Gasteiger partial charge < -0.3 is 10.5 Å². The third-order valence-corrected chi connectivity index (χ3v) is 2.34. The Balaban J connectivity index is 2.02. The summed E-state index contributed by atoms with van der Waals surface area (Å²) >= 11 is 0. The Labute approximate surface area is 82.1 Å². The predicted molar refractivity (Wildman–Crippen MR) is 51.7 cm³/mol. The van der Waals surface area contributed by atoms with Crippen molar-refractivity contribution in [3.8, 4) is 0 Å². The van der Waals surface area contributed by atoms with Crippen LogP contribution in [0.3, 0.4) is 0 Å². The zero-order valence-electron chi connectivity index (χ0n) is 7.77. The average molecular weight is 192 g/mol. The minimum Gasteiger partial charge on any atom is -0.459 e. The van der Waals surface area contributed by atoms with Crippen molar-refractivity contribution in [2.24, 2.45) is 0 Å². The lowest BCUT2D eigenvalue weighted by molar-refractivity contribution is 0.00900. The summed E-state index contributed by atoms with van der Waals surface area (Å²) in [5.41, 5.74) is 5.93. The highest BCUT2D eigenvalue weighted by atomic mass is 16.5. The van der Waals surface area contributed by atoms with E-state index in [0.29, 0.717) is 11.4 Å². The van der Waals surface area contributed by atoms with Crippen LogP contribution in [-0.4, -0.2) is 17.1 Å². The third-order valence-electron chi connectivity index (χ3n) is 2.34. The summed E-state index contributed by atoms with van der Waals surface area (Å²) in [5, 5.41) is 0. The minimum absolute atomic E-state index is 0.108. The van der Waals surface area contributed by atoms with E-state index in [9.17, 15) is 4.79 Å². The molecule has 0 saturated heterocycles. The highest BCUT2D eigenvalue weighted by molar-refractivity contribution is 5.90. The molecule has 1 saturated carbocycles. The molecular weight excluding hydrogens is 180 g/mol. The number of aromatic nitrogens is 1. The highest BCUT2D eigenvalue weighted by Gasteiger charge is 2.22. The van der Waals surface area contributed by atoms with Crippen LogP contribution in [0, 0.1) is 0 Å². The second-order valence-corrected chi connectivity index (χ2v) is 3.43. The number of pyridine rings is 1. The lowest BCUT2D eigenvalue weighted by Gasteiger charge is -2.25. The van der Waals surface area contributed by atoms with E-state index < -0.39 is 0 Å². The minimum atomic E-state index is -0.302. The Bertz CT molecular complexity index is 348. The van der Waals surface area contributed by atoms with Gasteiger partial charge in [-0.25, -0.2) is 9.78 Å². The number of nitrogens with two attached hydrogens (primary N) is 1. The molecule has 1 fully saturated rings.